The van der Waals surface area contributed by atoms with Crippen molar-refractivity contribution in [1.29, 1.82) is 0 Å². The van der Waals surface area contributed by atoms with E-state index < -0.39 is 0 Å². The zero-order valence-corrected chi connectivity index (χ0v) is 16.4. The Kier molecular flexibility index (Phi) is 9.04. The predicted molar refractivity (Wildman–Crippen MR) is 105 cm³/mol. The second kappa shape index (κ2) is 11.3. The van der Waals surface area contributed by atoms with Crippen molar-refractivity contribution in [3.8, 4) is 10.7 Å². The van der Waals surface area contributed by atoms with Gasteiger partial charge in [-0.05, 0) is 30.8 Å². The molecule has 3 heterocycles. The lowest BCUT2D eigenvalue weighted by molar-refractivity contribution is -0.121. The number of carbonyl (C=O) groups excluding carboxylic acids is 1. The highest BCUT2D eigenvalue weighted by molar-refractivity contribution is 7.13. The fraction of sp³-hybridized carbons (Fsp3) is 0.588. The van der Waals surface area contributed by atoms with E-state index in [1.165, 1.54) is 0 Å². The van der Waals surface area contributed by atoms with Crippen molar-refractivity contribution in [1.82, 2.24) is 25.7 Å². The summed E-state index contributed by atoms with van der Waals surface area (Å²) in [6.07, 6.45) is 2.84. The van der Waals surface area contributed by atoms with E-state index in [0.717, 1.165) is 57.0 Å². The number of aromatic nitrogens is 2. The first-order valence-electron chi connectivity index (χ1n) is 8.87. The van der Waals surface area contributed by atoms with Gasteiger partial charge >= 0.3 is 0 Å². The standard InChI is InChI=1S/C17H25N5O2S.ClH/c23-15(19-7-3-10-22-11-8-18-9-12-22)5-1-6-16-20-17(21-24-16)14-4-2-13-25-14;/h2,4,13,18H,1,3,5-12H2,(H,19,23);1H. The van der Waals surface area contributed by atoms with E-state index in [-0.39, 0.29) is 18.3 Å². The van der Waals surface area contributed by atoms with Crippen LogP contribution in [0.1, 0.15) is 25.2 Å². The number of piperazine rings is 1. The van der Waals surface area contributed by atoms with Crippen LogP contribution in [0.2, 0.25) is 0 Å². The highest BCUT2D eigenvalue weighted by Gasteiger charge is 2.11. The second-order valence-corrected chi connectivity index (χ2v) is 7.09. The molecule has 0 spiro atoms. The van der Waals surface area contributed by atoms with Crippen LogP contribution < -0.4 is 10.6 Å². The Bertz CT molecular complexity index is 643. The van der Waals surface area contributed by atoms with Crippen LogP contribution in [-0.2, 0) is 11.2 Å². The summed E-state index contributed by atoms with van der Waals surface area (Å²) < 4.78 is 5.24. The van der Waals surface area contributed by atoms with Crippen LogP contribution in [0.25, 0.3) is 10.7 Å². The molecule has 0 radical (unpaired) electrons. The average molecular weight is 400 g/mol. The van der Waals surface area contributed by atoms with E-state index >= 15 is 0 Å². The van der Waals surface area contributed by atoms with Crippen LogP contribution in [-0.4, -0.2) is 60.2 Å². The molecule has 0 unspecified atom stereocenters. The molecule has 144 valence electrons. The number of amides is 1. The minimum Gasteiger partial charge on any atom is -0.356 e. The lowest BCUT2D eigenvalue weighted by Gasteiger charge is -2.27. The molecule has 2 aromatic rings. The molecule has 0 bridgehead atoms. The molecule has 26 heavy (non-hydrogen) atoms. The van der Waals surface area contributed by atoms with Gasteiger partial charge in [-0.2, -0.15) is 4.98 Å². The maximum atomic E-state index is 11.9. The Balaban J connectivity index is 0.00000243. The molecule has 0 saturated carbocycles. The fourth-order valence-electron chi connectivity index (χ4n) is 2.82. The summed E-state index contributed by atoms with van der Waals surface area (Å²) in [6.45, 7) is 6.13. The number of halogens is 1. The van der Waals surface area contributed by atoms with Crippen molar-refractivity contribution < 1.29 is 9.32 Å². The molecular weight excluding hydrogens is 374 g/mol. The molecule has 1 amide bonds. The Morgan fingerprint density at radius 3 is 2.96 bits per heavy atom. The first kappa shape index (κ1) is 20.8. The van der Waals surface area contributed by atoms with Gasteiger partial charge in [0.15, 0.2) is 0 Å². The maximum absolute atomic E-state index is 11.9. The molecule has 0 aromatic carbocycles. The van der Waals surface area contributed by atoms with Crippen LogP contribution in [0.15, 0.2) is 22.0 Å². The molecule has 0 aliphatic carbocycles. The highest BCUT2D eigenvalue weighted by Crippen LogP contribution is 2.21. The number of rotatable bonds is 9. The Morgan fingerprint density at radius 2 is 2.19 bits per heavy atom. The zero-order valence-electron chi connectivity index (χ0n) is 14.8. The average Bonchev–Trinajstić information content (AvgIpc) is 3.31. The maximum Gasteiger partial charge on any atom is 0.226 e. The van der Waals surface area contributed by atoms with Gasteiger partial charge < -0.3 is 20.1 Å². The number of thiophene rings is 1. The van der Waals surface area contributed by atoms with Crippen molar-refractivity contribution in [2.24, 2.45) is 0 Å². The Morgan fingerprint density at radius 1 is 1.35 bits per heavy atom. The molecular formula is C17H26ClN5O2S. The number of nitrogens with zero attached hydrogens (tertiary/aromatic N) is 3. The van der Waals surface area contributed by atoms with Crippen molar-refractivity contribution in [3.63, 3.8) is 0 Å². The monoisotopic (exact) mass is 399 g/mol. The van der Waals surface area contributed by atoms with Crippen LogP contribution in [0, 0.1) is 0 Å². The molecule has 7 nitrogen and oxygen atoms in total. The van der Waals surface area contributed by atoms with E-state index in [9.17, 15) is 4.79 Å². The van der Waals surface area contributed by atoms with Gasteiger partial charge in [-0.3, -0.25) is 4.79 Å². The number of aryl methyl sites for hydroxylation is 1. The molecule has 1 saturated heterocycles. The summed E-state index contributed by atoms with van der Waals surface area (Å²) in [7, 11) is 0. The molecule has 0 atom stereocenters. The first-order valence-corrected chi connectivity index (χ1v) is 9.75. The molecule has 3 rings (SSSR count). The lowest BCUT2D eigenvalue weighted by atomic mass is 10.2. The molecule has 1 aliphatic rings. The number of hydrogen-bond donors (Lipinski definition) is 2. The third-order valence-corrected chi connectivity index (χ3v) is 5.05. The van der Waals surface area contributed by atoms with Gasteiger partial charge in [-0.15, -0.1) is 23.7 Å². The van der Waals surface area contributed by atoms with E-state index in [1.807, 2.05) is 17.5 Å². The van der Waals surface area contributed by atoms with E-state index in [0.29, 0.717) is 24.6 Å². The number of hydrogen-bond acceptors (Lipinski definition) is 7. The molecule has 2 N–H and O–H groups in total. The molecule has 1 fully saturated rings. The predicted octanol–water partition coefficient (Wildman–Crippen LogP) is 1.95. The number of carbonyl (C=O) groups is 1. The fourth-order valence-corrected chi connectivity index (χ4v) is 3.47. The summed E-state index contributed by atoms with van der Waals surface area (Å²) >= 11 is 1.58. The van der Waals surface area contributed by atoms with Crippen molar-refractivity contribution in [2.75, 3.05) is 39.3 Å². The normalized spacial score (nSPS) is 14.8. The van der Waals surface area contributed by atoms with Gasteiger partial charge in [-0.25, -0.2) is 0 Å². The Hall–Kier alpha value is -1.48. The summed E-state index contributed by atoms with van der Waals surface area (Å²) in [6, 6.07) is 3.93. The van der Waals surface area contributed by atoms with Gasteiger partial charge in [0, 0.05) is 45.6 Å². The van der Waals surface area contributed by atoms with E-state index in [1.54, 1.807) is 11.3 Å². The molecule has 1 aliphatic heterocycles. The van der Waals surface area contributed by atoms with Crippen LogP contribution in [0.5, 0.6) is 0 Å². The first-order chi connectivity index (χ1) is 12.3. The van der Waals surface area contributed by atoms with Crippen molar-refractivity contribution >= 4 is 29.7 Å². The van der Waals surface area contributed by atoms with Crippen LogP contribution in [0.3, 0.4) is 0 Å². The second-order valence-electron chi connectivity index (χ2n) is 6.14. The van der Waals surface area contributed by atoms with Crippen molar-refractivity contribution in [2.45, 2.75) is 25.7 Å². The minimum atomic E-state index is 0. The van der Waals surface area contributed by atoms with Gasteiger partial charge in [-0.1, -0.05) is 11.2 Å². The number of nitrogens with one attached hydrogen (secondary N) is 2. The van der Waals surface area contributed by atoms with Crippen LogP contribution in [0.4, 0.5) is 0 Å². The van der Waals surface area contributed by atoms with Gasteiger partial charge in [0.1, 0.15) is 0 Å². The van der Waals surface area contributed by atoms with Gasteiger partial charge in [0.25, 0.3) is 0 Å². The van der Waals surface area contributed by atoms with Gasteiger partial charge in [0.05, 0.1) is 4.88 Å². The van der Waals surface area contributed by atoms with Crippen molar-refractivity contribution in [3.05, 3.63) is 23.4 Å². The smallest absolute Gasteiger partial charge is 0.226 e. The zero-order chi connectivity index (χ0) is 17.3. The largest absolute Gasteiger partial charge is 0.356 e. The quantitative estimate of drug-likeness (QED) is 0.627. The topological polar surface area (TPSA) is 83.3 Å². The highest BCUT2D eigenvalue weighted by atomic mass is 35.5. The summed E-state index contributed by atoms with van der Waals surface area (Å²) in [5.74, 6) is 1.32. The van der Waals surface area contributed by atoms with E-state index in [4.69, 9.17) is 4.52 Å². The van der Waals surface area contributed by atoms with Gasteiger partial charge in [0.2, 0.25) is 17.6 Å². The SMILES string of the molecule is Cl.O=C(CCCc1nc(-c2cccs2)no1)NCCCN1CCNCC1. The molecule has 9 heteroatoms. The van der Waals surface area contributed by atoms with E-state index in [2.05, 4.69) is 25.7 Å². The summed E-state index contributed by atoms with van der Waals surface area (Å²) in [5.41, 5.74) is 0. The van der Waals surface area contributed by atoms with Crippen LogP contribution >= 0.6 is 23.7 Å². The third-order valence-electron chi connectivity index (χ3n) is 4.19. The summed E-state index contributed by atoms with van der Waals surface area (Å²) in [5, 5.41) is 12.3. The summed E-state index contributed by atoms with van der Waals surface area (Å²) in [4.78, 5) is 19.7. The minimum absolute atomic E-state index is 0. The lowest BCUT2D eigenvalue weighted by Crippen LogP contribution is -2.44. The third kappa shape index (κ3) is 6.68. The molecule has 2 aromatic heterocycles. The Labute approximate surface area is 163 Å².